The highest BCUT2D eigenvalue weighted by atomic mass is 16.2. The SMILES string of the molecule is CN(C(=O)C1CCNC1)c1ccc(C(C)(C)C)cc1. The van der Waals surface area contributed by atoms with Gasteiger partial charge in [0.05, 0.1) is 5.92 Å². The first-order chi connectivity index (χ1) is 8.89. The number of amides is 1. The maximum atomic E-state index is 12.3. The summed E-state index contributed by atoms with van der Waals surface area (Å²) >= 11 is 0. The third kappa shape index (κ3) is 3.16. The number of hydrogen-bond acceptors (Lipinski definition) is 2. The van der Waals surface area contributed by atoms with E-state index < -0.39 is 0 Å². The lowest BCUT2D eigenvalue weighted by Gasteiger charge is -2.23. The van der Waals surface area contributed by atoms with E-state index in [4.69, 9.17) is 0 Å². The standard InChI is InChI=1S/C16H24N2O/c1-16(2,3)13-5-7-14(8-6-13)18(4)15(19)12-9-10-17-11-12/h5-8,12,17H,9-11H2,1-4H3. The molecular formula is C16H24N2O. The van der Waals surface area contributed by atoms with Crippen LogP contribution in [0.1, 0.15) is 32.8 Å². The summed E-state index contributed by atoms with van der Waals surface area (Å²) < 4.78 is 0. The molecule has 1 saturated heterocycles. The van der Waals surface area contributed by atoms with Gasteiger partial charge >= 0.3 is 0 Å². The van der Waals surface area contributed by atoms with Gasteiger partial charge in [-0.15, -0.1) is 0 Å². The number of rotatable bonds is 2. The Morgan fingerprint density at radius 1 is 1.26 bits per heavy atom. The smallest absolute Gasteiger partial charge is 0.231 e. The lowest BCUT2D eigenvalue weighted by Crippen LogP contribution is -2.33. The van der Waals surface area contributed by atoms with Crippen LogP contribution < -0.4 is 10.2 Å². The van der Waals surface area contributed by atoms with Gasteiger partial charge in [0.2, 0.25) is 5.91 Å². The normalized spacial score (nSPS) is 19.5. The fourth-order valence-corrected chi connectivity index (χ4v) is 2.45. The third-order valence-corrected chi connectivity index (χ3v) is 3.86. The molecule has 19 heavy (non-hydrogen) atoms. The van der Waals surface area contributed by atoms with Crippen molar-refractivity contribution in [3.05, 3.63) is 29.8 Å². The molecule has 1 heterocycles. The van der Waals surface area contributed by atoms with Crippen molar-refractivity contribution in [2.45, 2.75) is 32.6 Å². The third-order valence-electron chi connectivity index (χ3n) is 3.86. The molecule has 104 valence electrons. The minimum atomic E-state index is 0.132. The Balaban J connectivity index is 2.11. The van der Waals surface area contributed by atoms with Crippen LogP contribution in [0.25, 0.3) is 0 Å². The van der Waals surface area contributed by atoms with E-state index in [1.807, 2.05) is 19.2 Å². The summed E-state index contributed by atoms with van der Waals surface area (Å²) in [6, 6.07) is 8.32. The van der Waals surface area contributed by atoms with Crippen LogP contribution in [0.4, 0.5) is 5.69 Å². The zero-order valence-corrected chi connectivity index (χ0v) is 12.4. The first-order valence-electron chi connectivity index (χ1n) is 6.98. The summed E-state index contributed by atoms with van der Waals surface area (Å²) in [5.41, 5.74) is 2.42. The van der Waals surface area contributed by atoms with Gasteiger partial charge in [-0.2, -0.15) is 0 Å². The number of hydrogen-bond donors (Lipinski definition) is 1. The van der Waals surface area contributed by atoms with Gasteiger partial charge in [0, 0.05) is 19.3 Å². The van der Waals surface area contributed by atoms with Crippen molar-refractivity contribution in [3.63, 3.8) is 0 Å². The molecular weight excluding hydrogens is 236 g/mol. The first-order valence-corrected chi connectivity index (χ1v) is 6.98. The zero-order chi connectivity index (χ0) is 14.0. The average molecular weight is 260 g/mol. The maximum Gasteiger partial charge on any atom is 0.231 e. The quantitative estimate of drug-likeness (QED) is 0.886. The molecule has 1 N–H and O–H groups in total. The van der Waals surface area contributed by atoms with Gasteiger partial charge in [-0.05, 0) is 36.1 Å². The van der Waals surface area contributed by atoms with Crippen molar-refractivity contribution in [1.29, 1.82) is 0 Å². The molecule has 0 aliphatic carbocycles. The van der Waals surface area contributed by atoms with Crippen LogP contribution in [0, 0.1) is 5.92 Å². The summed E-state index contributed by atoms with van der Waals surface area (Å²) in [6.07, 6.45) is 0.948. The molecule has 0 saturated carbocycles. The second-order valence-corrected chi connectivity index (χ2v) is 6.38. The van der Waals surface area contributed by atoms with E-state index in [1.165, 1.54) is 5.56 Å². The number of carbonyl (C=O) groups excluding carboxylic acids is 1. The highest BCUT2D eigenvalue weighted by Crippen LogP contribution is 2.25. The molecule has 1 amide bonds. The first kappa shape index (κ1) is 14.1. The lowest BCUT2D eigenvalue weighted by molar-refractivity contribution is -0.121. The van der Waals surface area contributed by atoms with E-state index in [1.54, 1.807) is 4.90 Å². The average Bonchev–Trinajstić information content (AvgIpc) is 2.90. The Bertz CT molecular complexity index is 439. The van der Waals surface area contributed by atoms with Gasteiger partial charge in [0.1, 0.15) is 0 Å². The van der Waals surface area contributed by atoms with Crippen LogP contribution in [0.2, 0.25) is 0 Å². The zero-order valence-electron chi connectivity index (χ0n) is 12.4. The Labute approximate surface area is 116 Å². The van der Waals surface area contributed by atoms with E-state index in [0.29, 0.717) is 0 Å². The molecule has 1 fully saturated rings. The second-order valence-electron chi connectivity index (χ2n) is 6.38. The monoisotopic (exact) mass is 260 g/mol. The number of anilines is 1. The van der Waals surface area contributed by atoms with Gasteiger partial charge < -0.3 is 10.2 Å². The number of nitrogens with zero attached hydrogens (tertiary/aromatic N) is 1. The molecule has 0 spiro atoms. The lowest BCUT2D eigenvalue weighted by atomic mass is 9.87. The van der Waals surface area contributed by atoms with Crippen LogP contribution in [0.15, 0.2) is 24.3 Å². The predicted octanol–water partition coefficient (Wildman–Crippen LogP) is 2.56. The molecule has 0 radical (unpaired) electrons. The van der Waals surface area contributed by atoms with Gasteiger partial charge in [-0.1, -0.05) is 32.9 Å². The van der Waals surface area contributed by atoms with E-state index in [0.717, 1.165) is 25.2 Å². The number of benzene rings is 1. The number of carbonyl (C=O) groups is 1. The van der Waals surface area contributed by atoms with Gasteiger partial charge in [-0.3, -0.25) is 4.79 Å². The summed E-state index contributed by atoms with van der Waals surface area (Å²) in [5.74, 6) is 0.348. The minimum Gasteiger partial charge on any atom is -0.316 e. The molecule has 3 heteroatoms. The van der Waals surface area contributed by atoms with Crippen LogP contribution in [-0.4, -0.2) is 26.0 Å². The van der Waals surface area contributed by atoms with Crippen molar-refractivity contribution in [1.82, 2.24) is 5.32 Å². The Morgan fingerprint density at radius 2 is 1.89 bits per heavy atom. The molecule has 1 aromatic rings. The highest BCUT2D eigenvalue weighted by Gasteiger charge is 2.26. The molecule has 1 aliphatic heterocycles. The largest absolute Gasteiger partial charge is 0.316 e. The summed E-state index contributed by atoms with van der Waals surface area (Å²) in [4.78, 5) is 14.1. The van der Waals surface area contributed by atoms with Crippen molar-refractivity contribution in [2.75, 3.05) is 25.0 Å². The van der Waals surface area contributed by atoms with Gasteiger partial charge in [0.15, 0.2) is 0 Å². The molecule has 3 nitrogen and oxygen atoms in total. The summed E-state index contributed by atoms with van der Waals surface area (Å²) in [5, 5.41) is 3.24. The topological polar surface area (TPSA) is 32.3 Å². The van der Waals surface area contributed by atoms with Gasteiger partial charge in [-0.25, -0.2) is 0 Å². The molecule has 1 unspecified atom stereocenters. The van der Waals surface area contributed by atoms with E-state index >= 15 is 0 Å². The van der Waals surface area contributed by atoms with E-state index in [-0.39, 0.29) is 17.2 Å². The van der Waals surface area contributed by atoms with Crippen LogP contribution in [0.3, 0.4) is 0 Å². The van der Waals surface area contributed by atoms with Crippen molar-refractivity contribution >= 4 is 11.6 Å². The fraction of sp³-hybridized carbons (Fsp3) is 0.562. The molecule has 1 aromatic carbocycles. The van der Waals surface area contributed by atoms with E-state index in [2.05, 4.69) is 38.2 Å². The van der Waals surface area contributed by atoms with Crippen molar-refractivity contribution < 1.29 is 4.79 Å². The van der Waals surface area contributed by atoms with Crippen LogP contribution in [0.5, 0.6) is 0 Å². The van der Waals surface area contributed by atoms with Gasteiger partial charge in [0.25, 0.3) is 0 Å². The van der Waals surface area contributed by atoms with Crippen LogP contribution in [-0.2, 0) is 10.2 Å². The Hall–Kier alpha value is -1.35. The van der Waals surface area contributed by atoms with Crippen molar-refractivity contribution in [2.24, 2.45) is 5.92 Å². The fourth-order valence-electron chi connectivity index (χ4n) is 2.45. The highest BCUT2D eigenvalue weighted by molar-refractivity contribution is 5.94. The minimum absolute atomic E-state index is 0.132. The Kier molecular flexibility index (Phi) is 3.95. The molecule has 1 aliphatic rings. The molecule has 0 bridgehead atoms. The predicted molar refractivity (Wildman–Crippen MR) is 79.5 cm³/mol. The second kappa shape index (κ2) is 5.33. The summed E-state index contributed by atoms with van der Waals surface area (Å²) in [6.45, 7) is 8.35. The molecule has 0 aromatic heterocycles. The van der Waals surface area contributed by atoms with Crippen molar-refractivity contribution in [3.8, 4) is 0 Å². The summed E-state index contributed by atoms with van der Waals surface area (Å²) in [7, 11) is 1.87. The Morgan fingerprint density at radius 3 is 2.37 bits per heavy atom. The maximum absolute atomic E-state index is 12.3. The number of nitrogens with one attached hydrogen (secondary N) is 1. The molecule has 2 rings (SSSR count). The van der Waals surface area contributed by atoms with Crippen LogP contribution >= 0.6 is 0 Å². The van der Waals surface area contributed by atoms with E-state index in [9.17, 15) is 4.79 Å². The molecule has 1 atom stereocenters.